The topological polar surface area (TPSA) is 96.6 Å². The van der Waals surface area contributed by atoms with Crippen molar-refractivity contribution in [3.05, 3.63) is 22.2 Å². The van der Waals surface area contributed by atoms with Crippen molar-refractivity contribution in [2.75, 3.05) is 32.0 Å². The van der Waals surface area contributed by atoms with Gasteiger partial charge in [0.25, 0.3) is 5.91 Å². The van der Waals surface area contributed by atoms with Gasteiger partial charge >= 0.3 is 0 Å². The highest BCUT2D eigenvalue weighted by atomic mass is 35.5. The van der Waals surface area contributed by atoms with E-state index in [1.54, 1.807) is 6.07 Å². The van der Waals surface area contributed by atoms with Gasteiger partial charge < -0.3 is 26.2 Å². The maximum atomic E-state index is 12.4. The highest BCUT2D eigenvalue weighted by Crippen LogP contribution is 2.38. The molecule has 120 valence electrons. The number of halogens is 1. The molecule has 2 aliphatic rings. The fraction of sp³-hybridized carbons (Fsp3) is 0.533. The number of fused-ring (bicyclic) bond motifs is 1. The fourth-order valence-corrected chi connectivity index (χ4v) is 3.21. The molecule has 0 aromatic heterocycles. The van der Waals surface area contributed by atoms with Crippen LogP contribution in [0.25, 0.3) is 0 Å². The minimum absolute atomic E-state index is 0.0587. The second-order valence-corrected chi connectivity index (χ2v) is 6.16. The van der Waals surface area contributed by atoms with Crippen LogP contribution in [-0.2, 0) is 6.42 Å². The molecule has 0 spiro atoms. The van der Waals surface area contributed by atoms with Gasteiger partial charge in [0.05, 0.1) is 29.0 Å². The lowest BCUT2D eigenvalue weighted by atomic mass is 9.95. The molecular weight excluding hydrogens is 306 g/mol. The van der Waals surface area contributed by atoms with Crippen LogP contribution in [0.4, 0.5) is 5.69 Å². The lowest BCUT2D eigenvalue weighted by Gasteiger charge is -2.28. The number of aliphatic hydroxyl groups is 1. The number of nitrogens with one attached hydrogen (secondary N) is 2. The van der Waals surface area contributed by atoms with E-state index in [0.717, 1.165) is 18.5 Å². The van der Waals surface area contributed by atoms with Gasteiger partial charge in [0, 0.05) is 31.0 Å². The molecule has 2 aliphatic heterocycles. The number of amides is 1. The second-order valence-electron chi connectivity index (χ2n) is 5.76. The van der Waals surface area contributed by atoms with Gasteiger partial charge in [-0.05, 0) is 19.0 Å². The van der Waals surface area contributed by atoms with Crippen LogP contribution in [0, 0.1) is 5.92 Å². The number of ether oxygens (including phenoxy) is 1. The van der Waals surface area contributed by atoms with Crippen LogP contribution >= 0.6 is 11.6 Å². The number of carbonyl (C=O) groups excluding carboxylic acids is 1. The van der Waals surface area contributed by atoms with E-state index in [4.69, 9.17) is 22.1 Å². The standard InChI is InChI=1S/C15H20ClN3O3/c16-11-5-10(14-9(13(11)17)2-4-22-14)15(21)19-6-8-1-3-18-7-12(8)20/h5,8,12,18,20H,1-4,6-7,17H2,(H,19,21)/t8-,12-/m0/s1. The first-order valence-corrected chi connectivity index (χ1v) is 7.86. The number of β-amino-alcohol motifs (C(OH)–C–C–N with tert-alkyl or cyclic N) is 1. The van der Waals surface area contributed by atoms with Crippen LogP contribution < -0.4 is 21.1 Å². The molecule has 0 unspecified atom stereocenters. The van der Waals surface area contributed by atoms with Crippen molar-refractivity contribution in [1.29, 1.82) is 0 Å². The van der Waals surface area contributed by atoms with Crippen LogP contribution in [0.5, 0.6) is 5.75 Å². The SMILES string of the molecule is Nc1c(Cl)cc(C(=O)NC[C@@H]2CCNC[C@@H]2O)c2c1CCO2. The van der Waals surface area contributed by atoms with Gasteiger partial charge in [0.1, 0.15) is 5.75 Å². The van der Waals surface area contributed by atoms with E-state index in [1.165, 1.54) is 0 Å². The molecule has 0 aliphatic carbocycles. The zero-order chi connectivity index (χ0) is 15.7. The summed E-state index contributed by atoms with van der Waals surface area (Å²) in [5.74, 6) is 0.347. The molecule has 22 heavy (non-hydrogen) atoms. The van der Waals surface area contributed by atoms with Crippen molar-refractivity contribution in [3.8, 4) is 5.75 Å². The minimum atomic E-state index is -0.439. The maximum Gasteiger partial charge on any atom is 0.255 e. The Hall–Kier alpha value is -1.50. The summed E-state index contributed by atoms with van der Waals surface area (Å²) in [6, 6.07) is 1.55. The number of carbonyl (C=O) groups is 1. The van der Waals surface area contributed by atoms with E-state index in [1.807, 2.05) is 0 Å². The molecule has 3 rings (SSSR count). The Morgan fingerprint density at radius 1 is 1.59 bits per heavy atom. The molecule has 1 aromatic rings. The molecule has 6 nitrogen and oxygen atoms in total. The van der Waals surface area contributed by atoms with Gasteiger partial charge in [0.15, 0.2) is 0 Å². The van der Waals surface area contributed by atoms with Gasteiger partial charge in [-0.2, -0.15) is 0 Å². The summed E-state index contributed by atoms with van der Waals surface area (Å²) in [4.78, 5) is 12.4. The van der Waals surface area contributed by atoms with E-state index in [2.05, 4.69) is 10.6 Å². The number of aliphatic hydroxyl groups excluding tert-OH is 1. The smallest absolute Gasteiger partial charge is 0.255 e. The zero-order valence-corrected chi connectivity index (χ0v) is 12.9. The van der Waals surface area contributed by atoms with Gasteiger partial charge in [-0.3, -0.25) is 4.79 Å². The van der Waals surface area contributed by atoms with Gasteiger partial charge in [-0.15, -0.1) is 0 Å². The van der Waals surface area contributed by atoms with E-state index in [0.29, 0.717) is 48.1 Å². The van der Waals surface area contributed by atoms with Crippen LogP contribution in [-0.4, -0.2) is 43.4 Å². The molecule has 2 heterocycles. The summed E-state index contributed by atoms with van der Waals surface area (Å²) in [6.07, 6.45) is 1.05. The van der Waals surface area contributed by atoms with E-state index in [-0.39, 0.29) is 11.8 Å². The Morgan fingerprint density at radius 2 is 2.41 bits per heavy atom. The molecule has 7 heteroatoms. The highest BCUT2D eigenvalue weighted by molar-refractivity contribution is 6.33. The molecule has 0 bridgehead atoms. The largest absolute Gasteiger partial charge is 0.492 e. The Balaban J connectivity index is 1.73. The monoisotopic (exact) mass is 325 g/mol. The molecule has 5 N–H and O–H groups in total. The number of nitrogen functional groups attached to an aromatic ring is 1. The number of nitrogens with two attached hydrogens (primary N) is 1. The summed E-state index contributed by atoms with van der Waals surface area (Å²) < 4.78 is 5.54. The summed E-state index contributed by atoms with van der Waals surface area (Å²) >= 11 is 6.10. The third-order valence-electron chi connectivity index (χ3n) is 4.33. The number of rotatable bonds is 3. The molecule has 1 amide bonds. The number of hydrogen-bond donors (Lipinski definition) is 4. The van der Waals surface area contributed by atoms with Crippen molar-refractivity contribution in [2.45, 2.75) is 18.9 Å². The predicted molar refractivity (Wildman–Crippen MR) is 84.4 cm³/mol. The lowest BCUT2D eigenvalue weighted by molar-refractivity contribution is 0.0752. The minimum Gasteiger partial charge on any atom is -0.492 e. The zero-order valence-electron chi connectivity index (χ0n) is 12.2. The average molecular weight is 326 g/mol. The van der Waals surface area contributed by atoms with Crippen LogP contribution in [0.15, 0.2) is 6.07 Å². The van der Waals surface area contributed by atoms with Crippen molar-refractivity contribution in [1.82, 2.24) is 10.6 Å². The van der Waals surface area contributed by atoms with Crippen molar-refractivity contribution < 1.29 is 14.6 Å². The molecule has 0 radical (unpaired) electrons. The molecule has 1 fully saturated rings. The summed E-state index contributed by atoms with van der Waals surface area (Å²) in [6.45, 7) is 2.35. The van der Waals surface area contributed by atoms with Gasteiger partial charge in [0.2, 0.25) is 0 Å². The molecule has 0 saturated carbocycles. The van der Waals surface area contributed by atoms with Crippen LogP contribution in [0.1, 0.15) is 22.3 Å². The molecule has 1 saturated heterocycles. The van der Waals surface area contributed by atoms with Crippen molar-refractivity contribution >= 4 is 23.2 Å². The lowest BCUT2D eigenvalue weighted by Crippen LogP contribution is -2.45. The van der Waals surface area contributed by atoms with Crippen LogP contribution in [0.3, 0.4) is 0 Å². The van der Waals surface area contributed by atoms with E-state index in [9.17, 15) is 9.90 Å². The Kier molecular flexibility index (Phi) is 4.42. The maximum absolute atomic E-state index is 12.4. The van der Waals surface area contributed by atoms with Gasteiger partial charge in [-0.25, -0.2) is 0 Å². The van der Waals surface area contributed by atoms with E-state index >= 15 is 0 Å². The first kappa shape index (κ1) is 15.4. The fourth-order valence-electron chi connectivity index (χ4n) is 2.99. The van der Waals surface area contributed by atoms with Crippen LogP contribution in [0.2, 0.25) is 5.02 Å². The number of piperidine rings is 1. The first-order chi connectivity index (χ1) is 10.6. The summed E-state index contributed by atoms with van der Waals surface area (Å²) in [7, 11) is 0. The summed E-state index contributed by atoms with van der Waals surface area (Å²) in [5, 5.41) is 16.3. The molecular formula is C15H20ClN3O3. The number of hydrogen-bond acceptors (Lipinski definition) is 5. The third kappa shape index (κ3) is 2.86. The molecule has 2 atom stereocenters. The quantitative estimate of drug-likeness (QED) is 0.609. The average Bonchev–Trinajstić information content (AvgIpc) is 2.99. The Morgan fingerprint density at radius 3 is 3.18 bits per heavy atom. The highest BCUT2D eigenvalue weighted by Gasteiger charge is 2.27. The van der Waals surface area contributed by atoms with Crippen molar-refractivity contribution in [3.63, 3.8) is 0 Å². The first-order valence-electron chi connectivity index (χ1n) is 7.48. The Labute approximate surface area is 134 Å². The van der Waals surface area contributed by atoms with Gasteiger partial charge in [-0.1, -0.05) is 11.6 Å². The van der Waals surface area contributed by atoms with Crippen molar-refractivity contribution in [2.24, 2.45) is 5.92 Å². The van der Waals surface area contributed by atoms with E-state index < -0.39 is 6.10 Å². The third-order valence-corrected chi connectivity index (χ3v) is 4.64. The Bertz CT molecular complexity index is 594. The normalized spacial score (nSPS) is 23.7. The molecule has 1 aromatic carbocycles. The second kappa shape index (κ2) is 6.32. The summed E-state index contributed by atoms with van der Waals surface area (Å²) in [5.41, 5.74) is 7.63. The number of benzene rings is 1. The number of anilines is 1. The predicted octanol–water partition coefficient (Wildman–Crippen LogP) is 0.557.